The van der Waals surface area contributed by atoms with Crippen molar-refractivity contribution in [1.82, 2.24) is 9.21 Å². The van der Waals surface area contributed by atoms with Gasteiger partial charge < -0.3 is 9.64 Å². The predicted octanol–water partition coefficient (Wildman–Crippen LogP) is 3.36. The zero-order valence-corrected chi connectivity index (χ0v) is 19.4. The number of benzene rings is 1. The predicted molar refractivity (Wildman–Crippen MR) is 116 cm³/mol. The van der Waals surface area contributed by atoms with Crippen molar-refractivity contribution in [1.29, 1.82) is 0 Å². The molecule has 1 aliphatic rings. The number of hydrogen-bond donors (Lipinski definition) is 0. The number of piperidine rings is 1. The van der Waals surface area contributed by atoms with Gasteiger partial charge in [0.1, 0.15) is 4.90 Å². The molecule has 0 saturated carbocycles. The molecule has 1 saturated heterocycles. The number of rotatable bonds is 8. The Morgan fingerprint density at radius 3 is 2.47 bits per heavy atom. The van der Waals surface area contributed by atoms with E-state index in [0.29, 0.717) is 25.9 Å². The van der Waals surface area contributed by atoms with E-state index in [1.54, 1.807) is 4.90 Å². The first kappa shape index (κ1) is 24.7. The summed E-state index contributed by atoms with van der Waals surface area (Å²) in [5.74, 6) is -1.24. The molecule has 0 atom stereocenters. The Labute approximate surface area is 187 Å². The van der Waals surface area contributed by atoms with Gasteiger partial charge in [-0.1, -0.05) is 35.4 Å². The molecule has 2 rings (SSSR count). The Kier molecular flexibility index (Phi) is 8.73. The maximum atomic E-state index is 12.9. The average molecular weight is 477 g/mol. The summed E-state index contributed by atoms with van der Waals surface area (Å²) in [5.41, 5.74) is 0.838. The van der Waals surface area contributed by atoms with E-state index in [2.05, 4.69) is 6.58 Å². The summed E-state index contributed by atoms with van der Waals surface area (Å²) < 4.78 is 32.2. The third kappa shape index (κ3) is 6.20. The second-order valence-electron chi connectivity index (χ2n) is 7.23. The molecule has 10 heteroatoms. The molecule has 7 nitrogen and oxygen atoms in total. The van der Waals surface area contributed by atoms with Crippen LogP contribution in [0.3, 0.4) is 0 Å². The van der Waals surface area contributed by atoms with Crippen LogP contribution in [0.15, 0.2) is 35.2 Å². The van der Waals surface area contributed by atoms with E-state index >= 15 is 0 Å². The molecule has 0 N–H and O–H groups in total. The molecule has 1 amide bonds. The molecule has 30 heavy (non-hydrogen) atoms. The Balaban J connectivity index is 1.92. The lowest BCUT2D eigenvalue weighted by Gasteiger charge is -2.30. The van der Waals surface area contributed by atoms with Crippen LogP contribution in [-0.2, 0) is 24.3 Å². The highest BCUT2D eigenvalue weighted by atomic mass is 35.5. The summed E-state index contributed by atoms with van der Waals surface area (Å²) >= 11 is 11.9. The fourth-order valence-electron chi connectivity index (χ4n) is 3.19. The third-order valence-electron chi connectivity index (χ3n) is 4.83. The number of likely N-dealkylation sites (N-methyl/N-ethyl adjacent to an activating group) is 1. The van der Waals surface area contributed by atoms with Crippen LogP contribution in [-0.4, -0.2) is 62.3 Å². The molecule has 0 bridgehead atoms. The van der Waals surface area contributed by atoms with Crippen LogP contribution < -0.4 is 0 Å². The zero-order valence-electron chi connectivity index (χ0n) is 17.1. The van der Waals surface area contributed by atoms with Crippen molar-refractivity contribution in [2.45, 2.75) is 31.6 Å². The van der Waals surface area contributed by atoms with Crippen LogP contribution in [0.2, 0.25) is 10.0 Å². The lowest BCUT2D eigenvalue weighted by atomic mass is 9.98. The first-order valence-corrected chi connectivity index (χ1v) is 11.8. The van der Waals surface area contributed by atoms with Crippen molar-refractivity contribution in [3.63, 3.8) is 0 Å². The van der Waals surface area contributed by atoms with Crippen molar-refractivity contribution in [3.05, 3.63) is 40.4 Å². The number of sulfonamides is 1. The minimum Gasteiger partial charge on any atom is -0.455 e. The minimum atomic E-state index is -3.82. The first-order chi connectivity index (χ1) is 14.1. The highest BCUT2D eigenvalue weighted by Gasteiger charge is 2.34. The van der Waals surface area contributed by atoms with Gasteiger partial charge in [-0.3, -0.25) is 9.59 Å². The van der Waals surface area contributed by atoms with Crippen LogP contribution in [0.1, 0.15) is 26.7 Å². The average Bonchev–Trinajstić information content (AvgIpc) is 2.71. The second-order valence-corrected chi connectivity index (χ2v) is 9.98. The fourth-order valence-corrected chi connectivity index (χ4v) is 5.40. The normalized spacial score (nSPS) is 15.6. The summed E-state index contributed by atoms with van der Waals surface area (Å²) in [7, 11) is -3.82. The highest BCUT2D eigenvalue weighted by Crippen LogP contribution is 2.30. The molecule has 0 radical (unpaired) electrons. The Bertz CT molecular complexity index is 912. The topological polar surface area (TPSA) is 84.0 Å². The van der Waals surface area contributed by atoms with Gasteiger partial charge in [0, 0.05) is 31.2 Å². The van der Waals surface area contributed by atoms with Gasteiger partial charge in [-0.2, -0.15) is 4.31 Å². The molecule has 1 aromatic carbocycles. The van der Waals surface area contributed by atoms with Crippen LogP contribution >= 0.6 is 23.2 Å². The monoisotopic (exact) mass is 476 g/mol. The summed E-state index contributed by atoms with van der Waals surface area (Å²) in [6, 6.07) is 4.27. The van der Waals surface area contributed by atoms with E-state index in [4.69, 9.17) is 27.9 Å². The zero-order chi connectivity index (χ0) is 22.5. The van der Waals surface area contributed by atoms with E-state index in [-0.39, 0.29) is 40.5 Å². The van der Waals surface area contributed by atoms with Crippen molar-refractivity contribution < 1.29 is 22.7 Å². The molecular formula is C20H26Cl2N2O5S. The van der Waals surface area contributed by atoms with Crippen LogP contribution in [0.4, 0.5) is 0 Å². The summed E-state index contributed by atoms with van der Waals surface area (Å²) in [5, 5.41) is 0.364. The number of esters is 1. The molecule has 166 valence electrons. The van der Waals surface area contributed by atoms with E-state index in [1.807, 2.05) is 13.8 Å². The number of nitrogens with zero attached hydrogens (tertiary/aromatic N) is 2. The van der Waals surface area contributed by atoms with Crippen LogP contribution in [0, 0.1) is 5.92 Å². The number of halogens is 2. The Hall–Kier alpha value is -1.61. The summed E-state index contributed by atoms with van der Waals surface area (Å²) in [4.78, 5) is 26.0. The lowest BCUT2D eigenvalue weighted by molar-refractivity contribution is -0.156. The van der Waals surface area contributed by atoms with Crippen molar-refractivity contribution in [2.75, 3.05) is 32.8 Å². The quantitative estimate of drug-likeness (QED) is 0.424. The van der Waals surface area contributed by atoms with E-state index in [0.717, 1.165) is 5.57 Å². The van der Waals surface area contributed by atoms with Gasteiger partial charge in [0.05, 0.1) is 10.9 Å². The smallest absolute Gasteiger partial charge is 0.309 e. The Morgan fingerprint density at radius 1 is 1.27 bits per heavy atom. The number of amides is 1. The number of ether oxygens (including phenoxy) is 1. The van der Waals surface area contributed by atoms with E-state index in [9.17, 15) is 18.0 Å². The molecule has 0 unspecified atom stereocenters. The maximum Gasteiger partial charge on any atom is 0.309 e. The molecule has 1 heterocycles. The maximum absolute atomic E-state index is 12.9. The first-order valence-electron chi connectivity index (χ1n) is 9.60. The largest absolute Gasteiger partial charge is 0.455 e. The minimum absolute atomic E-state index is 0.0551. The molecule has 1 fully saturated rings. The number of carbonyl (C=O) groups excluding carboxylic acids is 2. The molecule has 1 aliphatic heterocycles. The third-order valence-corrected chi connectivity index (χ3v) is 7.45. The van der Waals surface area contributed by atoms with Gasteiger partial charge in [-0.05, 0) is 44.9 Å². The van der Waals surface area contributed by atoms with Gasteiger partial charge >= 0.3 is 5.97 Å². The van der Waals surface area contributed by atoms with Crippen molar-refractivity contribution in [2.24, 2.45) is 5.92 Å². The fraction of sp³-hybridized carbons (Fsp3) is 0.500. The van der Waals surface area contributed by atoms with Crippen molar-refractivity contribution in [3.8, 4) is 0 Å². The van der Waals surface area contributed by atoms with Crippen LogP contribution in [0.25, 0.3) is 0 Å². The highest BCUT2D eigenvalue weighted by molar-refractivity contribution is 7.89. The van der Waals surface area contributed by atoms with Gasteiger partial charge in [-0.15, -0.1) is 0 Å². The molecular weight excluding hydrogens is 451 g/mol. The van der Waals surface area contributed by atoms with Gasteiger partial charge in [0.2, 0.25) is 10.0 Å². The molecule has 0 aromatic heterocycles. The SMILES string of the molecule is C=C(C)CN(CC)C(=O)COC(=O)C1CCN(S(=O)(=O)c2cc(Cl)ccc2Cl)CC1. The standard InChI is InChI=1S/C20H26Cl2N2O5S/c1-4-23(12-14(2)3)19(25)13-29-20(26)15-7-9-24(10-8-15)30(27,28)18-11-16(21)5-6-17(18)22/h5-6,11,15H,2,4,7-10,12-13H2,1,3H3. The van der Waals surface area contributed by atoms with E-state index < -0.39 is 21.9 Å². The van der Waals surface area contributed by atoms with Crippen molar-refractivity contribution >= 4 is 45.1 Å². The van der Waals surface area contributed by atoms with Gasteiger partial charge in [0.25, 0.3) is 5.91 Å². The number of hydrogen-bond acceptors (Lipinski definition) is 5. The van der Waals surface area contributed by atoms with E-state index in [1.165, 1.54) is 22.5 Å². The molecule has 0 aliphatic carbocycles. The molecule has 0 spiro atoms. The van der Waals surface area contributed by atoms with Gasteiger partial charge in [0.15, 0.2) is 6.61 Å². The van der Waals surface area contributed by atoms with Gasteiger partial charge in [-0.25, -0.2) is 8.42 Å². The lowest BCUT2D eigenvalue weighted by Crippen LogP contribution is -2.41. The summed E-state index contributed by atoms with van der Waals surface area (Å²) in [6.45, 7) is 8.30. The summed E-state index contributed by atoms with van der Waals surface area (Å²) in [6.07, 6.45) is 0.599. The molecule has 1 aromatic rings. The van der Waals surface area contributed by atoms with Crippen LogP contribution in [0.5, 0.6) is 0 Å². The Morgan fingerprint density at radius 2 is 1.90 bits per heavy atom. The second kappa shape index (κ2) is 10.6. The number of carbonyl (C=O) groups is 2.